The van der Waals surface area contributed by atoms with Crippen molar-refractivity contribution < 1.29 is 22.7 Å². The fourth-order valence-corrected chi connectivity index (χ4v) is 2.52. The van der Waals surface area contributed by atoms with Crippen LogP contribution in [0.25, 0.3) is 0 Å². The van der Waals surface area contributed by atoms with Gasteiger partial charge in [-0.2, -0.15) is 0 Å². The number of aliphatic carboxylic acids is 1. The Morgan fingerprint density at radius 2 is 1.94 bits per heavy atom. The van der Waals surface area contributed by atoms with Gasteiger partial charge < -0.3 is 5.11 Å². The summed E-state index contributed by atoms with van der Waals surface area (Å²) in [6, 6.07) is 3.76. The normalized spacial score (nSPS) is 13.3. The van der Waals surface area contributed by atoms with Crippen molar-refractivity contribution in [3.05, 3.63) is 35.6 Å². The standard InChI is InChI=1S/C10H12FNO4S/c1-7(10(13)14)12-17(15,16)6-8-2-4-9(11)5-3-8/h2-5,7,12H,6H2,1H3,(H,13,14). The van der Waals surface area contributed by atoms with Crippen molar-refractivity contribution >= 4 is 16.0 Å². The van der Waals surface area contributed by atoms with Gasteiger partial charge in [0.1, 0.15) is 11.9 Å². The third kappa shape index (κ3) is 4.49. The number of carboxylic acid groups (broad SMARTS) is 1. The van der Waals surface area contributed by atoms with Crippen LogP contribution in [0, 0.1) is 5.82 Å². The molecule has 7 heteroatoms. The second-order valence-electron chi connectivity index (χ2n) is 3.56. The molecule has 0 aliphatic carbocycles. The van der Waals surface area contributed by atoms with Gasteiger partial charge in [-0.1, -0.05) is 12.1 Å². The first-order chi connectivity index (χ1) is 7.80. The van der Waals surface area contributed by atoms with E-state index < -0.39 is 27.9 Å². The highest BCUT2D eigenvalue weighted by atomic mass is 32.2. The predicted molar refractivity (Wildman–Crippen MR) is 59.3 cm³/mol. The molecule has 0 saturated carbocycles. The SMILES string of the molecule is CC(NS(=O)(=O)Cc1ccc(F)cc1)C(=O)O. The quantitative estimate of drug-likeness (QED) is 0.818. The number of benzene rings is 1. The topological polar surface area (TPSA) is 83.5 Å². The van der Waals surface area contributed by atoms with Crippen LogP contribution in [0.15, 0.2) is 24.3 Å². The van der Waals surface area contributed by atoms with E-state index in [1.807, 2.05) is 4.72 Å². The molecule has 1 unspecified atom stereocenters. The summed E-state index contributed by atoms with van der Waals surface area (Å²) in [5.74, 6) is -2.10. The van der Waals surface area contributed by atoms with E-state index in [2.05, 4.69) is 0 Å². The van der Waals surface area contributed by atoms with E-state index >= 15 is 0 Å². The molecule has 94 valence electrons. The van der Waals surface area contributed by atoms with E-state index in [9.17, 15) is 17.6 Å². The second kappa shape index (κ2) is 5.24. The van der Waals surface area contributed by atoms with Gasteiger partial charge >= 0.3 is 5.97 Å². The zero-order valence-corrected chi connectivity index (χ0v) is 9.87. The summed E-state index contributed by atoms with van der Waals surface area (Å²) in [4.78, 5) is 10.5. The molecule has 5 nitrogen and oxygen atoms in total. The van der Waals surface area contributed by atoms with Crippen LogP contribution in [0.3, 0.4) is 0 Å². The smallest absolute Gasteiger partial charge is 0.321 e. The van der Waals surface area contributed by atoms with Crippen molar-refractivity contribution in [1.29, 1.82) is 0 Å². The van der Waals surface area contributed by atoms with E-state index in [-0.39, 0.29) is 5.75 Å². The molecule has 1 aromatic carbocycles. The molecule has 0 fully saturated rings. The summed E-state index contributed by atoms with van der Waals surface area (Å²) < 4.78 is 37.7. The molecule has 1 aromatic rings. The van der Waals surface area contributed by atoms with Crippen molar-refractivity contribution in [2.45, 2.75) is 18.7 Å². The van der Waals surface area contributed by atoms with Gasteiger partial charge in [0, 0.05) is 0 Å². The Morgan fingerprint density at radius 3 is 2.41 bits per heavy atom. The molecular formula is C10H12FNO4S. The van der Waals surface area contributed by atoms with E-state index in [0.29, 0.717) is 5.56 Å². The average Bonchev–Trinajstić information content (AvgIpc) is 2.20. The maximum Gasteiger partial charge on any atom is 0.321 e. The molecule has 0 spiro atoms. The number of hydrogen-bond donors (Lipinski definition) is 2. The summed E-state index contributed by atoms with van der Waals surface area (Å²) in [7, 11) is -3.75. The van der Waals surface area contributed by atoms with Gasteiger partial charge in [0.05, 0.1) is 5.75 Å². The van der Waals surface area contributed by atoms with Crippen molar-refractivity contribution in [2.24, 2.45) is 0 Å². The first kappa shape index (κ1) is 13.6. The zero-order valence-electron chi connectivity index (χ0n) is 9.05. The Labute approximate surface area is 98.3 Å². The maximum atomic E-state index is 12.6. The van der Waals surface area contributed by atoms with Crippen LogP contribution >= 0.6 is 0 Å². The van der Waals surface area contributed by atoms with E-state index in [0.717, 1.165) is 12.1 Å². The summed E-state index contributed by atoms with van der Waals surface area (Å²) in [5, 5.41) is 8.57. The van der Waals surface area contributed by atoms with Gasteiger partial charge in [0.2, 0.25) is 10.0 Å². The highest BCUT2D eigenvalue weighted by molar-refractivity contribution is 7.88. The van der Waals surface area contributed by atoms with Gasteiger partial charge in [-0.05, 0) is 24.6 Å². The van der Waals surface area contributed by atoms with Crippen molar-refractivity contribution in [2.75, 3.05) is 0 Å². The second-order valence-corrected chi connectivity index (χ2v) is 5.32. The minimum absolute atomic E-state index is 0.384. The molecule has 1 rings (SSSR count). The van der Waals surface area contributed by atoms with Gasteiger partial charge in [0.25, 0.3) is 0 Å². The lowest BCUT2D eigenvalue weighted by atomic mass is 10.2. The Bertz CT molecular complexity index is 498. The molecule has 0 saturated heterocycles. The average molecular weight is 261 g/mol. The Hall–Kier alpha value is -1.47. The van der Waals surface area contributed by atoms with Gasteiger partial charge in [-0.15, -0.1) is 0 Å². The third-order valence-corrected chi connectivity index (χ3v) is 3.42. The first-order valence-corrected chi connectivity index (χ1v) is 6.42. The van der Waals surface area contributed by atoms with E-state index in [1.165, 1.54) is 19.1 Å². The lowest BCUT2D eigenvalue weighted by Crippen LogP contribution is -2.38. The molecule has 2 N–H and O–H groups in total. The fourth-order valence-electron chi connectivity index (χ4n) is 1.16. The molecule has 0 bridgehead atoms. The van der Waals surface area contributed by atoms with Gasteiger partial charge in [-0.25, -0.2) is 17.5 Å². The van der Waals surface area contributed by atoms with Crippen LogP contribution in [0.2, 0.25) is 0 Å². The van der Waals surface area contributed by atoms with Crippen LogP contribution < -0.4 is 4.72 Å². The van der Waals surface area contributed by atoms with Crippen LogP contribution in [-0.4, -0.2) is 25.5 Å². The predicted octanol–water partition coefficient (Wildman–Crippen LogP) is 0.718. The number of carbonyl (C=O) groups is 1. The Balaban J connectivity index is 2.73. The lowest BCUT2D eigenvalue weighted by Gasteiger charge is -2.10. The summed E-state index contributed by atoms with van der Waals surface area (Å²) in [6.45, 7) is 1.23. The summed E-state index contributed by atoms with van der Waals surface area (Å²) in [5.41, 5.74) is 0.386. The van der Waals surface area contributed by atoms with Crippen LogP contribution in [-0.2, 0) is 20.6 Å². The van der Waals surface area contributed by atoms with Crippen LogP contribution in [0.4, 0.5) is 4.39 Å². The van der Waals surface area contributed by atoms with Crippen molar-refractivity contribution in [3.8, 4) is 0 Å². The minimum Gasteiger partial charge on any atom is -0.480 e. The summed E-state index contributed by atoms with van der Waals surface area (Å²) >= 11 is 0. The first-order valence-electron chi connectivity index (χ1n) is 4.77. The maximum absolute atomic E-state index is 12.6. The number of hydrogen-bond acceptors (Lipinski definition) is 3. The molecule has 0 radical (unpaired) electrons. The number of rotatable bonds is 5. The molecule has 0 heterocycles. The number of sulfonamides is 1. The Kier molecular flexibility index (Phi) is 4.19. The lowest BCUT2D eigenvalue weighted by molar-refractivity contribution is -0.138. The minimum atomic E-state index is -3.75. The molecule has 1 atom stereocenters. The summed E-state index contributed by atoms with van der Waals surface area (Å²) in [6.07, 6.45) is 0. The fraction of sp³-hybridized carbons (Fsp3) is 0.300. The monoisotopic (exact) mass is 261 g/mol. The molecule has 17 heavy (non-hydrogen) atoms. The highest BCUT2D eigenvalue weighted by Gasteiger charge is 2.19. The van der Waals surface area contributed by atoms with E-state index in [4.69, 9.17) is 5.11 Å². The number of nitrogens with one attached hydrogen (secondary N) is 1. The van der Waals surface area contributed by atoms with E-state index in [1.54, 1.807) is 0 Å². The zero-order chi connectivity index (χ0) is 13.1. The molecule has 0 aromatic heterocycles. The number of halogens is 1. The van der Waals surface area contributed by atoms with Crippen LogP contribution in [0.1, 0.15) is 12.5 Å². The molecule has 0 aliphatic heterocycles. The molecular weight excluding hydrogens is 249 g/mol. The van der Waals surface area contributed by atoms with Crippen LogP contribution in [0.5, 0.6) is 0 Å². The Morgan fingerprint density at radius 1 is 1.41 bits per heavy atom. The molecule has 0 amide bonds. The molecule has 0 aliphatic rings. The van der Waals surface area contributed by atoms with Crippen molar-refractivity contribution in [1.82, 2.24) is 4.72 Å². The van der Waals surface area contributed by atoms with Gasteiger partial charge in [-0.3, -0.25) is 4.79 Å². The highest BCUT2D eigenvalue weighted by Crippen LogP contribution is 2.07. The number of carboxylic acids is 1. The largest absolute Gasteiger partial charge is 0.480 e. The van der Waals surface area contributed by atoms with Crippen molar-refractivity contribution in [3.63, 3.8) is 0 Å². The third-order valence-electron chi connectivity index (χ3n) is 2.00. The van der Waals surface area contributed by atoms with Gasteiger partial charge in [0.15, 0.2) is 0 Å².